The zero-order valence-corrected chi connectivity index (χ0v) is 10.8. The summed E-state index contributed by atoms with van der Waals surface area (Å²) in [5.74, 6) is 0.155. The average molecular weight is 313 g/mol. The van der Waals surface area contributed by atoms with Gasteiger partial charge in [0.05, 0.1) is 5.69 Å². The van der Waals surface area contributed by atoms with Gasteiger partial charge < -0.3 is 4.74 Å². The van der Waals surface area contributed by atoms with Crippen molar-refractivity contribution in [1.29, 1.82) is 0 Å². The van der Waals surface area contributed by atoms with Gasteiger partial charge in [0.25, 0.3) is 0 Å². The molecule has 0 saturated heterocycles. The Labute approximate surface area is 112 Å². The van der Waals surface area contributed by atoms with Gasteiger partial charge in [0, 0.05) is 23.2 Å². The Balaban J connectivity index is 2.09. The van der Waals surface area contributed by atoms with E-state index in [0.717, 1.165) is 15.7 Å². The lowest BCUT2D eigenvalue weighted by molar-refractivity contribution is -0.0498. The second kappa shape index (κ2) is 5.91. The van der Waals surface area contributed by atoms with Crippen LogP contribution >= 0.6 is 15.9 Å². The molecule has 5 heteroatoms. The molecule has 0 saturated carbocycles. The minimum Gasteiger partial charge on any atom is -0.435 e. The van der Waals surface area contributed by atoms with Crippen molar-refractivity contribution in [3.05, 3.63) is 58.3 Å². The molecule has 18 heavy (non-hydrogen) atoms. The van der Waals surface area contributed by atoms with Gasteiger partial charge in [-0.1, -0.05) is 12.1 Å². The number of aromatic nitrogens is 1. The first-order valence-corrected chi connectivity index (χ1v) is 5.98. The Bertz CT molecular complexity index is 517. The molecule has 0 amide bonds. The van der Waals surface area contributed by atoms with E-state index in [-0.39, 0.29) is 5.75 Å². The summed E-state index contributed by atoms with van der Waals surface area (Å²) in [5, 5.41) is 0. The summed E-state index contributed by atoms with van der Waals surface area (Å²) in [6.07, 6.45) is 2.21. The Kier molecular flexibility index (Phi) is 4.25. The summed E-state index contributed by atoms with van der Waals surface area (Å²) in [6.45, 7) is -2.80. The molecule has 0 aliphatic rings. The molecule has 2 aromatic rings. The van der Waals surface area contributed by atoms with Gasteiger partial charge in [-0.25, -0.2) is 0 Å². The fourth-order valence-electron chi connectivity index (χ4n) is 1.48. The first kappa shape index (κ1) is 13.0. The van der Waals surface area contributed by atoms with Crippen molar-refractivity contribution in [2.24, 2.45) is 0 Å². The molecule has 1 aromatic heterocycles. The predicted octanol–water partition coefficient (Wildman–Crippen LogP) is 3.84. The van der Waals surface area contributed by atoms with Crippen molar-refractivity contribution in [1.82, 2.24) is 4.98 Å². The molecule has 1 aromatic carbocycles. The molecule has 1 heterocycles. The summed E-state index contributed by atoms with van der Waals surface area (Å²) in [4.78, 5) is 4.19. The van der Waals surface area contributed by atoms with Crippen LogP contribution < -0.4 is 4.74 Å². The number of ether oxygens (including phenoxy) is 1. The van der Waals surface area contributed by atoms with Crippen molar-refractivity contribution < 1.29 is 13.5 Å². The Hall–Kier alpha value is -1.49. The van der Waals surface area contributed by atoms with Gasteiger partial charge in [-0.3, -0.25) is 4.98 Å². The third-order valence-corrected chi connectivity index (χ3v) is 2.99. The summed E-state index contributed by atoms with van der Waals surface area (Å²) >= 11 is 3.38. The highest BCUT2D eigenvalue weighted by Gasteiger charge is 2.05. The molecular weight excluding hydrogens is 304 g/mol. The van der Waals surface area contributed by atoms with Crippen LogP contribution in [0.3, 0.4) is 0 Å². The van der Waals surface area contributed by atoms with Crippen LogP contribution in [0.15, 0.2) is 41.0 Å². The number of rotatable bonds is 4. The highest BCUT2D eigenvalue weighted by atomic mass is 79.9. The van der Waals surface area contributed by atoms with Crippen LogP contribution in [-0.2, 0) is 6.42 Å². The highest BCUT2D eigenvalue weighted by Crippen LogP contribution is 2.20. The van der Waals surface area contributed by atoms with E-state index in [9.17, 15) is 8.78 Å². The minimum absolute atomic E-state index is 0.155. The molecule has 0 spiro atoms. The van der Waals surface area contributed by atoms with Gasteiger partial charge in [0.2, 0.25) is 0 Å². The lowest BCUT2D eigenvalue weighted by Crippen LogP contribution is -2.01. The maximum Gasteiger partial charge on any atom is 0.387 e. The average Bonchev–Trinajstić information content (AvgIpc) is 2.34. The zero-order valence-electron chi connectivity index (χ0n) is 9.24. The first-order chi connectivity index (χ1) is 8.65. The van der Waals surface area contributed by atoms with Crippen LogP contribution in [0.2, 0.25) is 0 Å². The van der Waals surface area contributed by atoms with Crippen LogP contribution in [0, 0.1) is 6.07 Å². The van der Waals surface area contributed by atoms with Crippen molar-refractivity contribution in [3.63, 3.8) is 0 Å². The molecule has 2 nitrogen and oxygen atoms in total. The number of hydrogen-bond acceptors (Lipinski definition) is 2. The maximum absolute atomic E-state index is 12.0. The quantitative estimate of drug-likeness (QED) is 0.856. The van der Waals surface area contributed by atoms with E-state index >= 15 is 0 Å². The van der Waals surface area contributed by atoms with E-state index in [1.807, 2.05) is 0 Å². The molecule has 93 valence electrons. The van der Waals surface area contributed by atoms with Crippen molar-refractivity contribution in [2.45, 2.75) is 13.0 Å². The zero-order chi connectivity index (χ0) is 13.0. The third kappa shape index (κ3) is 3.50. The summed E-state index contributed by atoms with van der Waals surface area (Å²) in [6, 6.07) is 11.2. The number of pyridine rings is 1. The number of hydrogen-bond donors (Lipinski definition) is 0. The predicted molar refractivity (Wildman–Crippen MR) is 66.7 cm³/mol. The maximum atomic E-state index is 12.0. The van der Waals surface area contributed by atoms with Crippen LogP contribution in [-0.4, -0.2) is 11.6 Å². The monoisotopic (exact) mass is 312 g/mol. The van der Waals surface area contributed by atoms with E-state index in [1.165, 1.54) is 12.1 Å². The van der Waals surface area contributed by atoms with E-state index in [0.29, 0.717) is 6.42 Å². The second-order valence-corrected chi connectivity index (χ2v) is 4.42. The number of nitrogens with zero attached hydrogens (tertiary/aromatic N) is 1. The fraction of sp³-hybridized carbons (Fsp3) is 0.154. The minimum atomic E-state index is -2.80. The van der Waals surface area contributed by atoms with Crippen molar-refractivity contribution >= 4 is 15.9 Å². The van der Waals surface area contributed by atoms with Gasteiger partial charge >= 0.3 is 6.61 Å². The first-order valence-electron chi connectivity index (χ1n) is 5.19. The molecule has 0 aliphatic carbocycles. The summed E-state index contributed by atoms with van der Waals surface area (Å²) < 4.78 is 29.1. The SMILES string of the molecule is FC(F)Oc1ccc(Cc2nc[c]cc2Br)cc1. The molecule has 0 unspecified atom stereocenters. The normalized spacial score (nSPS) is 10.7. The van der Waals surface area contributed by atoms with Gasteiger partial charge in [0.15, 0.2) is 0 Å². The van der Waals surface area contributed by atoms with Gasteiger partial charge in [0.1, 0.15) is 5.75 Å². The van der Waals surface area contributed by atoms with Crippen LogP contribution in [0.5, 0.6) is 5.75 Å². The van der Waals surface area contributed by atoms with Crippen LogP contribution in [0.25, 0.3) is 0 Å². The van der Waals surface area contributed by atoms with E-state index < -0.39 is 6.61 Å². The Morgan fingerprint density at radius 2 is 2.00 bits per heavy atom. The van der Waals surface area contributed by atoms with Gasteiger partial charge in [-0.05, 0) is 39.7 Å². The number of alkyl halides is 2. The lowest BCUT2D eigenvalue weighted by atomic mass is 10.1. The molecule has 0 bridgehead atoms. The topological polar surface area (TPSA) is 22.1 Å². The molecular formula is C13H9BrF2NO. The largest absolute Gasteiger partial charge is 0.435 e. The lowest BCUT2D eigenvalue weighted by Gasteiger charge is -2.06. The number of benzene rings is 1. The molecule has 0 atom stereocenters. The number of halogens is 3. The smallest absolute Gasteiger partial charge is 0.387 e. The Morgan fingerprint density at radius 1 is 1.28 bits per heavy atom. The third-order valence-electron chi connectivity index (χ3n) is 2.30. The molecule has 0 aliphatic heterocycles. The van der Waals surface area contributed by atoms with Crippen LogP contribution in [0.4, 0.5) is 8.78 Å². The summed E-state index contributed by atoms with van der Waals surface area (Å²) in [7, 11) is 0. The van der Waals surface area contributed by atoms with E-state index in [2.05, 4.69) is 31.7 Å². The van der Waals surface area contributed by atoms with Crippen LogP contribution in [0.1, 0.15) is 11.3 Å². The van der Waals surface area contributed by atoms with Crippen molar-refractivity contribution in [2.75, 3.05) is 0 Å². The van der Waals surface area contributed by atoms with E-state index in [4.69, 9.17) is 0 Å². The molecule has 1 radical (unpaired) electrons. The van der Waals surface area contributed by atoms with Gasteiger partial charge in [-0.15, -0.1) is 0 Å². The fourth-order valence-corrected chi connectivity index (χ4v) is 1.86. The molecule has 2 rings (SSSR count). The highest BCUT2D eigenvalue weighted by molar-refractivity contribution is 9.10. The standard InChI is InChI=1S/C13H9BrF2NO/c14-11-2-1-7-17-12(11)8-9-3-5-10(6-4-9)18-13(15)16/h2-7,13H,8H2. The Morgan fingerprint density at radius 3 is 2.61 bits per heavy atom. The summed E-state index contributed by atoms with van der Waals surface area (Å²) in [5.41, 5.74) is 1.84. The van der Waals surface area contributed by atoms with Gasteiger partial charge in [-0.2, -0.15) is 8.78 Å². The second-order valence-electron chi connectivity index (χ2n) is 3.56. The molecule has 0 fully saturated rings. The molecule has 0 N–H and O–H groups in total. The van der Waals surface area contributed by atoms with Crippen molar-refractivity contribution in [3.8, 4) is 5.75 Å². The van der Waals surface area contributed by atoms with E-state index in [1.54, 1.807) is 24.4 Å².